The van der Waals surface area contributed by atoms with E-state index in [0.29, 0.717) is 56.9 Å². The zero-order valence-electron chi connectivity index (χ0n) is 23.4. The molecule has 0 fully saturated rings. The van der Waals surface area contributed by atoms with Gasteiger partial charge in [0.1, 0.15) is 18.8 Å². The monoisotopic (exact) mass is 545 g/mol. The van der Waals surface area contributed by atoms with Crippen molar-refractivity contribution in [1.29, 1.82) is 10.5 Å². The van der Waals surface area contributed by atoms with Crippen LogP contribution in [0.2, 0.25) is 0 Å². The first kappa shape index (κ1) is 28.5. The Morgan fingerprint density at radius 3 is 2.45 bits per heavy atom. The minimum atomic E-state index is -0.834. The van der Waals surface area contributed by atoms with Crippen molar-refractivity contribution < 1.29 is 8.78 Å². The molecule has 4 rings (SSSR count). The van der Waals surface area contributed by atoms with Gasteiger partial charge in [-0.2, -0.15) is 14.9 Å². The second kappa shape index (κ2) is 10.9. The predicted octanol–water partition coefficient (Wildman–Crippen LogP) is 5.35. The molecule has 0 bridgehead atoms. The lowest BCUT2D eigenvalue weighted by atomic mass is 9.96. The number of halogens is 2. The number of hydrogen-bond acceptors (Lipinski definition) is 9. The van der Waals surface area contributed by atoms with Gasteiger partial charge in [0.05, 0.1) is 39.6 Å². The van der Waals surface area contributed by atoms with Crippen molar-refractivity contribution in [3.63, 3.8) is 0 Å². The zero-order chi connectivity index (χ0) is 29.2. The van der Waals surface area contributed by atoms with Crippen molar-refractivity contribution in [2.75, 3.05) is 23.9 Å². The van der Waals surface area contributed by atoms with Crippen molar-refractivity contribution in [1.82, 2.24) is 25.9 Å². The molecule has 2 aromatic heterocycles. The highest BCUT2D eigenvalue weighted by atomic mass is 19.1. The van der Waals surface area contributed by atoms with Crippen LogP contribution in [0.15, 0.2) is 42.4 Å². The van der Waals surface area contributed by atoms with Crippen molar-refractivity contribution in [2.45, 2.75) is 53.1 Å². The van der Waals surface area contributed by atoms with Crippen LogP contribution in [0.4, 0.5) is 20.2 Å². The van der Waals surface area contributed by atoms with Crippen LogP contribution in [0.3, 0.4) is 0 Å². The van der Waals surface area contributed by atoms with E-state index in [-0.39, 0.29) is 5.41 Å². The fraction of sp³-hybridized carbons (Fsp3) is 0.379. The van der Waals surface area contributed by atoms with E-state index in [1.165, 1.54) is 12.3 Å². The average molecular weight is 546 g/mol. The minimum absolute atomic E-state index is 0.0681. The molecule has 0 saturated carbocycles. The molecule has 0 amide bonds. The maximum atomic E-state index is 13.9. The van der Waals surface area contributed by atoms with Gasteiger partial charge in [-0.3, -0.25) is 9.99 Å². The molecule has 3 heterocycles. The standard InChI is InChI=1S/C29H33F2N9/c1-17-21(7-8-24(31)36-17)27(23-14-40(39-38-23)29(5,6)15-30)37-20-9-18(11-32)25-22(10-20)26(19(12-33)13-34-25)35-16-28(2,3)4/h7-10,13-14,27,37-39H,15-16H2,1-6H3,(H,34,35)/t27-/m0/s1. The molecule has 0 spiro atoms. The van der Waals surface area contributed by atoms with E-state index in [0.717, 1.165) is 0 Å². The Morgan fingerprint density at radius 2 is 1.82 bits per heavy atom. The van der Waals surface area contributed by atoms with E-state index in [2.05, 4.69) is 64.5 Å². The van der Waals surface area contributed by atoms with Crippen LogP contribution in [0, 0.1) is 40.9 Å². The van der Waals surface area contributed by atoms with Crippen LogP contribution in [-0.4, -0.2) is 33.7 Å². The van der Waals surface area contributed by atoms with Crippen LogP contribution >= 0.6 is 0 Å². The zero-order valence-corrected chi connectivity index (χ0v) is 23.4. The van der Waals surface area contributed by atoms with Gasteiger partial charge in [-0.1, -0.05) is 26.8 Å². The third-order valence-electron chi connectivity index (χ3n) is 6.60. The topological polar surface area (TPSA) is 125 Å². The van der Waals surface area contributed by atoms with E-state index in [9.17, 15) is 19.3 Å². The molecule has 1 aliphatic heterocycles. The summed E-state index contributed by atoms with van der Waals surface area (Å²) in [5, 5.41) is 28.9. The molecule has 1 aromatic carbocycles. The molecule has 4 N–H and O–H groups in total. The number of fused-ring (bicyclic) bond motifs is 1. The first-order valence-corrected chi connectivity index (χ1v) is 12.9. The van der Waals surface area contributed by atoms with Gasteiger partial charge in [-0.15, -0.1) is 5.53 Å². The first-order valence-electron chi connectivity index (χ1n) is 12.9. The summed E-state index contributed by atoms with van der Waals surface area (Å²) in [6, 6.07) is 10.3. The van der Waals surface area contributed by atoms with Crippen LogP contribution in [0.1, 0.15) is 63.0 Å². The van der Waals surface area contributed by atoms with Gasteiger partial charge in [0.15, 0.2) is 0 Å². The first-order chi connectivity index (χ1) is 18.9. The van der Waals surface area contributed by atoms with Gasteiger partial charge in [-0.05, 0) is 44.4 Å². The third-order valence-corrected chi connectivity index (χ3v) is 6.60. The molecule has 11 heteroatoms. The number of anilines is 2. The SMILES string of the molecule is Cc1nc(F)ccc1[C@H](Nc1cc(C#N)c2ncc(C#N)c(NCC(C)(C)C)c2c1)C1=CN(C(C)(C)CF)NN1. The summed E-state index contributed by atoms with van der Waals surface area (Å²) in [4.78, 5) is 8.41. The molecule has 0 radical (unpaired) electrons. The molecule has 3 aromatic rings. The molecule has 0 unspecified atom stereocenters. The van der Waals surface area contributed by atoms with Crippen molar-refractivity contribution in [3.8, 4) is 12.1 Å². The van der Waals surface area contributed by atoms with Gasteiger partial charge in [0.2, 0.25) is 5.95 Å². The van der Waals surface area contributed by atoms with E-state index in [4.69, 9.17) is 0 Å². The quantitative estimate of drug-likeness (QED) is 0.277. The number of hydrazine groups is 2. The Kier molecular flexibility index (Phi) is 7.81. The second-order valence-electron chi connectivity index (χ2n) is 11.6. The number of benzene rings is 1. The third kappa shape index (κ3) is 5.90. The molecule has 1 aliphatic rings. The van der Waals surface area contributed by atoms with Crippen LogP contribution < -0.4 is 21.6 Å². The number of alkyl halides is 1. The predicted molar refractivity (Wildman–Crippen MR) is 151 cm³/mol. The van der Waals surface area contributed by atoms with Gasteiger partial charge < -0.3 is 16.1 Å². The second-order valence-corrected chi connectivity index (χ2v) is 11.6. The van der Waals surface area contributed by atoms with Crippen LogP contribution in [0.25, 0.3) is 10.9 Å². The summed E-state index contributed by atoms with van der Waals surface area (Å²) in [6.07, 6.45) is 3.22. The van der Waals surface area contributed by atoms with Gasteiger partial charge in [0, 0.05) is 41.3 Å². The number of hydrogen-bond donors (Lipinski definition) is 4. The highest BCUT2D eigenvalue weighted by Gasteiger charge is 2.32. The number of aromatic nitrogens is 2. The smallest absolute Gasteiger partial charge is 0.213 e. The average Bonchev–Trinajstić information content (AvgIpc) is 3.41. The largest absolute Gasteiger partial charge is 0.383 e. The highest BCUT2D eigenvalue weighted by Crippen LogP contribution is 2.35. The Morgan fingerprint density at radius 1 is 1.10 bits per heavy atom. The normalized spacial score (nSPS) is 14.2. The summed E-state index contributed by atoms with van der Waals surface area (Å²) >= 11 is 0. The van der Waals surface area contributed by atoms with Gasteiger partial charge >= 0.3 is 0 Å². The summed E-state index contributed by atoms with van der Waals surface area (Å²) in [5.74, 6) is -0.603. The molecule has 0 aliphatic carbocycles. The number of pyridine rings is 2. The number of nitriles is 2. The van der Waals surface area contributed by atoms with E-state index < -0.39 is 24.2 Å². The highest BCUT2D eigenvalue weighted by molar-refractivity contribution is 5.99. The van der Waals surface area contributed by atoms with Crippen LogP contribution in [-0.2, 0) is 0 Å². The number of nitrogens with zero attached hydrogens (tertiary/aromatic N) is 5. The molecular weight excluding hydrogens is 512 g/mol. The van der Waals surface area contributed by atoms with Gasteiger partial charge in [-0.25, -0.2) is 9.37 Å². The minimum Gasteiger partial charge on any atom is -0.383 e. The number of rotatable bonds is 8. The number of aryl methyl sites for hydroxylation is 1. The molecule has 40 heavy (non-hydrogen) atoms. The maximum absolute atomic E-state index is 13.9. The van der Waals surface area contributed by atoms with E-state index in [1.54, 1.807) is 44.1 Å². The molecule has 0 saturated heterocycles. The lowest BCUT2D eigenvalue weighted by molar-refractivity contribution is 0.0936. The summed E-state index contributed by atoms with van der Waals surface area (Å²) in [7, 11) is 0. The Bertz CT molecular complexity index is 1540. The van der Waals surface area contributed by atoms with E-state index in [1.807, 2.05) is 6.07 Å². The van der Waals surface area contributed by atoms with E-state index >= 15 is 0 Å². The fourth-order valence-electron chi connectivity index (χ4n) is 4.30. The molecule has 9 nitrogen and oxygen atoms in total. The summed E-state index contributed by atoms with van der Waals surface area (Å²) in [6.45, 7) is 11.4. The van der Waals surface area contributed by atoms with Crippen molar-refractivity contribution in [3.05, 3.63) is 70.7 Å². The van der Waals surface area contributed by atoms with Crippen LogP contribution in [0.5, 0.6) is 0 Å². The summed E-state index contributed by atoms with van der Waals surface area (Å²) < 4.78 is 27.7. The van der Waals surface area contributed by atoms with Crippen molar-refractivity contribution in [2.24, 2.45) is 5.41 Å². The maximum Gasteiger partial charge on any atom is 0.213 e. The van der Waals surface area contributed by atoms with Crippen molar-refractivity contribution >= 4 is 22.3 Å². The molecule has 1 atom stereocenters. The lowest BCUT2D eigenvalue weighted by Gasteiger charge is -2.31. The Labute approximate surface area is 232 Å². The fourth-order valence-corrected chi connectivity index (χ4v) is 4.30. The lowest BCUT2D eigenvalue weighted by Crippen LogP contribution is -2.50. The molecular formula is C29H33F2N9. The summed E-state index contributed by atoms with van der Waals surface area (Å²) in [5.41, 5.74) is 9.26. The Balaban J connectivity index is 1.85. The Hall–Kier alpha value is -4.48. The molecule has 208 valence electrons. The number of nitrogens with one attached hydrogen (secondary N) is 4. The van der Waals surface area contributed by atoms with Gasteiger partial charge in [0.25, 0.3) is 0 Å².